The van der Waals surface area contributed by atoms with Crippen molar-refractivity contribution in [3.8, 4) is 5.75 Å². The minimum atomic E-state index is -1.02. The van der Waals surface area contributed by atoms with Crippen LogP contribution in [0.4, 0.5) is 0 Å². The molecule has 0 amide bonds. The number of aliphatic carboxylic acids is 1. The molecule has 4 heteroatoms. The second kappa shape index (κ2) is 5.04. The lowest BCUT2D eigenvalue weighted by Crippen LogP contribution is -1.96. The number of ether oxygens (including phenoxy) is 1. The summed E-state index contributed by atoms with van der Waals surface area (Å²) in [4.78, 5) is 10.3. The lowest BCUT2D eigenvalue weighted by Gasteiger charge is -2.04. The molecule has 4 nitrogen and oxygen atoms in total. The Hall–Kier alpha value is -1.81. The summed E-state index contributed by atoms with van der Waals surface area (Å²) in [6.07, 6.45) is 2.42. The van der Waals surface area contributed by atoms with Crippen LogP contribution in [0.15, 0.2) is 30.3 Å². The number of aliphatic hydroxyl groups is 1. The zero-order valence-electron chi connectivity index (χ0n) is 7.38. The lowest BCUT2D eigenvalue weighted by molar-refractivity contribution is -0.131. The number of hydrogen-bond donors (Lipinski definition) is 2. The highest BCUT2D eigenvalue weighted by Crippen LogP contribution is 2.18. The van der Waals surface area contributed by atoms with E-state index in [0.29, 0.717) is 11.3 Å². The quantitative estimate of drug-likeness (QED) is 0.556. The normalized spacial score (nSPS) is 10.4. The van der Waals surface area contributed by atoms with E-state index in [-0.39, 0.29) is 0 Å². The summed E-state index contributed by atoms with van der Waals surface area (Å²) in [5, 5.41) is 17.0. The van der Waals surface area contributed by atoms with E-state index >= 15 is 0 Å². The summed E-state index contributed by atoms with van der Waals surface area (Å²) in [6.45, 7) is -0.433. The number of para-hydroxylation sites is 1. The van der Waals surface area contributed by atoms with Crippen molar-refractivity contribution in [2.24, 2.45) is 0 Å². The predicted octanol–water partition coefficient (Wildman–Crippen LogP) is 1.11. The van der Waals surface area contributed by atoms with E-state index in [4.69, 9.17) is 14.9 Å². The van der Waals surface area contributed by atoms with Crippen molar-refractivity contribution in [1.29, 1.82) is 0 Å². The van der Waals surface area contributed by atoms with Crippen LogP contribution in [0, 0.1) is 0 Å². The molecule has 0 bridgehead atoms. The highest BCUT2D eigenvalue weighted by Gasteiger charge is 1.98. The van der Waals surface area contributed by atoms with Crippen LogP contribution in [0.1, 0.15) is 5.56 Å². The van der Waals surface area contributed by atoms with Crippen LogP contribution >= 0.6 is 0 Å². The monoisotopic (exact) mass is 194 g/mol. The predicted molar refractivity (Wildman–Crippen MR) is 50.8 cm³/mol. The first-order chi connectivity index (χ1) is 6.74. The number of carbonyl (C=O) groups is 1. The van der Waals surface area contributed by atoms with Crippen molar-refractivity contribution in [2.45, 2.75) is 0 Å². The molecule has 0 heterocycles. The zero-order chi connectivity index (χ0) is 10.4. The first-order valence-corrected chi connectivity index (χ1v) is 3.97. The van der Waals surface area contributed by atoms with E-state index in [1.165, 1.54) is 6.08 Å². The summed E-state index contributed by atoms with van der Waals surface area (Å²) in [6, 6.07) is 6.84. The second-order valence-electron chi connectivity index (χ2n) is 2.48. The Morgan fingerprint density at radius 1 is 1.43 bits per heavy atom. The molecule has 0 aliphatic rings. The molecular weight excluding hydrogens is 184 g/mol. The van der Waals surface area contributed by atoms with Gasteiger partial charge in [0.25, 0.3) is 0 Å². The fraction of sp³-hybridized carbons (Fsp3) is 0.100. The molecule has 0 saturated carbocycles. The van der Waals surface area contributed by atoms with Crippen molar-refractivity contribution in [1.82, 2.24) is 0 Å². The van der Waals surface area contributed by atoms with Gasteiger partial charge in [-0.1, -0.05) is 18.2 Å². The van der Waals surface area contributed by atoms with E-state index in [2.05, 4.69) is 0 Å². The second-order valence-corrected chi connectivity index (χ2v) is 2.48. The summed E-state index contributed by atoms with van der Waals surface area (Å²) < 4.78 is 4.88. The van der Waals surface area contributed by atoms with E-state index in [0.717, 1.165) is 6.08 Å². The van der Waals surface area contributed by atoms with Crippen molar-refractivity contribution in [3.63, 3.8) is 0 Å². The van der Waals surface area contributed by atoms with Crippen molar-refractivity contribution in [2.75, 3.05) is 6.79 Å². The first-order valence-electron chi connectivity index (χ1n) is 3.97. The van der Waals surface area contributed by atoms with Gasteiger partial charge in [-0.25, -0.2) is 4.79 Å². The number of benzene rings is 1. The Balaban J connectivity index is 2.89. The van der Waals surface area contributed by atoms with Crippen LogP contribution in [0.3, 0.4) is 0 Å². The van der Waals surface area contributed by atoms with Gasteiger partial charge in [0, 0.05) is 11.6 Å². The molecule has 0 aliphatic carbocycles. The molecule has 0 atom stereocenters. The van der Waals surface area contributed by atoms with Gasteiger partial charge in [0.1, 0.15) is 5.75 Å². The van der Waals surface area contributed by atoms with Gasteiger partial charge in [-0.05, 0) is 12.1 Å². The van der Waals surface area contributed by atoms with E-state index in [9.17, 15) is 4.79 Å². The van der Waals surface area contributed by atoms with Crippen molar-refractivity contribution < 1.29 is 19.7 Å². The highest BCUT2D eigenvalue weighted by atomic mass is 16.6. The third-order valence-electron chi connectivity index (χ3n) is 1.54. The Morgan fingerprint density at radius 2 is 2.14 bits per heavy atom. The molecule has 1 aromatic rings. The van der Waals surface area contributed by atoms with Crippen LogP contribution in [-0.4, -0.2) is 23.0 Å². The largest absolute Gasteiger partial charge is 0.478 e. The van der Waals surface area contributed by atoms with Crippen LogP contribution in [-0.2, 0) is 4.79 Å². The van der Waals surface area contributed by atoms with Crippen LogP contribution in [0.2, 0.25) is 0 Å². The number of hydrogen-bond acceptors (Lipinski definition) is 3. The minimum Gasteiger partial charge on any atom is -0.478 e. The fourth-order valence-electron chi connectivity index (χ4n) is 0.980. The molecule has 14 heavy (non-hydrogen) atoms. The molecule has 0 aliphatic heterocycles. The van der Waals surface area contributed by atoms with Gasteiger partial charge in [0.2, 0.25) is 0 Å². The van der Waals surface area contributed by atoms with Gasteiger partial charge in [0.05, 0.1) is 0 Å². The molecule has 0 unspecified atom stereocenters. The lowest BCUT2D eigenvalue weighted by atomic mass is 10.2. The Morgan fingerprint density at radius 3 is 2.79 bits per heavy atom. The molecule has 1 rings (SSSR count). The van der Waals surface area contributed by atoms with Crippen LogP contribution < -0.4 is 4.74 Å². The third-order valence-corrected chi connectivity index (χ3v) is 1.54. The van der Waals surface area contributed by atoms with Crippen LogP contribution in [0.5, 0.6) is 5.75 Å². The van der Waals surface area contributed by atoms with Crippen LogP contribution in [0.25, 0.3) is 6.08 Å². The van der Waals surface area contributed by atoms with Gasteiger partial charge in [-0.2, -0.15) is 0 Å². The molecule has 1 aromatic carbocycles. The van der Waals surface area contributed by atoms with E-state index in [1.807, 2.05) is 0 Å². The summed E-state index contributed by atoms with van der Waals surface area (Å²) in [5.41, 5.74) is 0.615. The number of carboxylic acid groups (broad SMARTS) is 1. The molecule has 0 aromatic heterocycles. The Kier molecular flexibility index (Phi) is 3.69. The SMILES string of the molecule is O=C(O)/C=C/c1ccccc1OCO. The van der Waals surface area contributed by atoms with Gasteiger partial charge in [-0.15, -0.1) is 0 Å². The Labute approximate surface area is 81.1 Å². The number of aliphatic hydroxyl groups excluding tert-OH is 1. The zero-order valence-corrected chi connectivity index (χ0v) is 7.38. The van der Waals surface area contributed by atoms with Crippen molar-refractivity contribution in [3.05, 3.63) is 35.9 Å². The molecule has 2 N–H and O–H groups in total. The summed E-state index contributed by atoms with van der Waals surface area (Å²) in [5.74, 6) is -0.573. The standard InChI is InChI=1S/C10H10O4/c11-7-14-9-4-2-1-3-8(9)5-6-10(12)13/h1-6,11H,7H2,(H,12,13)/b6-5+. The fourth-order valence-corrected chi connectivity index (χ4v) is 0.980. The average Bonchev–Trinajstić information content (AvgIpc) is 2.17. The first kappa shape index (κ1) is 10.3. The molecule has 0 spiro atoms. The van der Waals surface area contributed by atoms with Gasteiger partial charge in [0.15, 0.2) is 6.79 Å². The smallest absolute Gasteiger partial charge is 0.328 e. The minimum absolute atomic E-state index is 0.433. The molecule has 0 radical (unpaired) electrons. The summed E-state index contributed by atoms with van der Waals surface area (Å²) in [7, 11) is 0. The topological polar surface area (TPSA) is 66.8 Å². The van der Waals surface area contributed by atoms with E-state index in [1.54, 1.807) is 24.3 Å². The van der Waals surface area contributed by atoms with Gasteiger partial charge < -0.3 is 14.9 Å². The Bertz CT molecular complexity index is 344. The van der Waals surface area contributed by atoms with Gasteiger partial charge in [-0.3, -0.25) is 0 Å². The summed E-state index contributed by atoms with van der Waals surface area (Å²) >= 11 is 0. The van der Waals surface area contributed by atoms with E-state index < -0.39 is 12.8 Å². The average molecular weight is 194 g/mol. The van der Waals surface area contributed by atoms with Gasteiger partial charge >= 0.3 is 5.97 Å². The maximum atomic E-state index is 10.3. The highest BCUT2D eigenvalue weighted by molar-refractivity contribution is 5.85. The maximum Gasteiger partial charge on any atom is 0.328 e. The molecule has 0 saturated heterocycles. The number of rotatable bonds is 4. The van der Waals surface area contributed by atoms with Crippen molar-refractivity contribution >= 4 is 12.0 Å². The molecule has 74 valence electrons. The molecule has 0 fully saturated rings. The molecular formula is C10H10O4. The third kappa shape index (κ3) is 2.91. The maximum absolute atomic E-state index is 10.3. The number of carboxylic acids is 1.